The molecule has 0 heterocycles. The molecular weight excluding hydrogens is 215 g/mol. The van der Waals surface area contributed by atoms with Crippen molar-refractivity contribution in [2.24, 2.45) is 0 Å². The van der Waals surface area contributed by atoms with Gasteiger partial charge in [0.05, 0.1) is 5.03 Å². The Labute approximate surface area is 93.6 Å². The van der Waals surface area contributed by atoms with Crippen LogP contribution in [-0.2, 0) is 4.79 Å². The first-order valence-corrected chi connectivity index (χ1v) is 5.16. The van der Waals surface area contributed by atoms with Gasteiger partial charge in [0.1, 0.15) is 12.1 Å². The van der Waals surface area contributed by atoms with Crippen LogP contribution in [-0.4, -0.2) is 6.29 Å². The topological polar surface area (TPSA) is 17.1 Å². The summed E-state index contributed by atoms with van der Waals surface area (Å²) in [5.41, 5.74) is 1.24. The predicted octanol–water partition coefficient (Wildman–Crippen LogP) is 3.77. The van der Waals surface area contributed by atoms with E-state index in [1.54, 1.807) is 12.1 Å². The lowest BCUT2D eigenvalue weighted by atomic mass is 10.1. The van der Waals surface area contributed by atoms with Gasteiger partial charge in [0.2, 0.25) is 0 Å². The second-order valence-electron chi connectivity index (χ2n) is 3.21. The third-order valence-corrected chi connectivity index (χ3v) is 2.50. The fraction of sp³-hybridized carbons (Fsp3) is 0.250. The molecule has 0 aliphatic rings. The molecule has 0 spiro atoms. The Morgan fingerprint density at radius 2 is 2.00 bits per heavy atom. The zero-order valence-electron chi connectivity index (χ0n) is 8.47. The summed E-state index contributed by atoms with van der Waals surface area (Å²) in [7, 11) is 0. The first kappa shape index (κ1) is 11.9. The van der Waals surface area contributed by atoms with E-state index in [1.165, 1.54) is 12.1 Å². The monoisotopic (exact) mass is 226 g/mol. The van der Waals surface area contributed by atoms with E-state index >= 15 is 0 Å². The van der Waals surface area contributed by atoms with Crippen LogP contribution >= 0.6 is 11.6 Å². The lowest BCUT2D eigenvalue weighted by molar-refractivity contribution is -0.105. The summed E-state index contributed by atoms with van der Waals surface area (Å²) < 4.78 is 12.7. The first-order valence-electron chi connectivity index (χ1n) is 4.78. The molecule has 3 heteroatoms. The smallest absolute Gasteiger partial charge is 0.147 e. The Morgan fingerprint density at radius 1 is 1.40 bits per heavy atom. The molecule has 0 saturated heterocycles. The average molecular weight is 227 g/mol. The van der Waals surface area contributed by atoms with Gasteiger partial charge in [-0.1, -0.05) is 37.1 Å². The van der Waals surface area contributed by atoms with Gasteiger partial charge in [-0.25, -0.2) is 4.39 Å². The molecule has 80 valence electrons. The minimum atomic E-state index is -0.314. The van der Waals surface area contributed by atoms with E-state index in [9.17, 15) is 9.18 Å². The number of hydrogen-bond acceptors (Lipinski definition) is 1. The van der Waals surface area contributed by atoms with Gasteiger partial charge in [0.15, 0.2) is 0 Å². The van der Waals surface area contributed by atoms with Crippen molar-refractivity contribution in [1.29, 1.82) is 0 Å². The number of allylic oxidation sites excluding steroid dienone is 1. The number of hydrogen-bond donors (Lipinski definition) is 0. The Morgan fingerprint density at radius 3 is 2.47 bits per heavy atom. The highest BCUT2D eigenvalue weighted by atomic mass is 35.5. The van der Waals surface area contributed by atoms with E-state index in [0.29, 0.717) is 22.6 Å². The van der Waals surface area contributed by atoms with Crippen LogP contribution in [0.4, 0.5) is 4.39 Å². The number of rotatable bonds is 4. The quantitative estimate of drug-likeness (QED) is 0.564. The lowest BCUT2D eigenvalue weighted by Gasteiger charge is -2.03. The minimum absolute atomic E-state index is 0.314. The lowest BCUT2D eigenvalue weighted by Crippen LogP contribution is -1.89. The molecule has 0 N–H and O–H groups in total. The Kier molecular flexibility index (Phi) is 4.50. The Hall–Kier alpha value is -1.15. The standard InChI is InChI=1S/C12H12ClFO/c1-2-3-10(8-15)12(13)9-4-6-11(14)7-5-9/h4-8H,2-3H2,1H3. The largest absolute Gasteiger partial charge is 0.298 e. The van der Waals surface area contributed by atoms with Crippen molar-refractivity contribution in [3.63, 3.8) is 0 Å². The Balaban J connectivity index is 3.04. The molecule has 0 amide bonds. The summed E-state index contributed by atoms with van der Waals surface area (Å²) in [6.45, 7) is 1.97. The van der Waals surface area contributed by atoms with Gasteiger partial charge < -0.3 is 0 Å². The van der Waals surface area contributed by atoms with E-state index in [0.717, 1.165) is 12.7 Å². The van der Waals surface area contributed by atoms with Gasteiger partial charge in [-0.3, -0.25) is 4.79 Å². The van der Waals surface area contributed by atoms with E-state index < -0.39 is 0 Å². The van der Waals surface area contributed by atoms with Crippen molar-refractivity contribution >= 4 is 22.9 Å². The van der Waals surface area contributed by atoms with E-state index in [2.05, 4.69) is 0 Å². The molecule has 0 radical (unpaired) electrons. The highest BCUT2D eigenvalue weighted by Gasteiger charge is 2.05. The van der Waals surface area contributed by atoms with Gasteiger partial charge in [-0.05, 0) is 24.1 Å². The number of carbonyl (C=O) groups excluding carboxylic acids is 1. The first-order chi connectivity index (χ1) is 7.19. The molecule has 1 nitrogen and oxygen atoms in total. The summed E-state index contributed by atoms with van der Waals surface area (Å²) in [4.78, 5) is 10.8. The SMILES string of the molecule is CCCC(C=O)=C(Cl)c1ccc(F)cc1. The van der Waals surface area contributed by atoms with Crippen molar-refractivity contribution in [3.05, 3.63) is 41.2 Å². The number of carbonyl (C=O) groups is 1. The normalized spacial score (nSPS) is 12.2. The van der Waals surface area contributed by atoms with Crippen molar-refractivity contribution < 1.29 is 9.18 Å². The maximum atomic E-state index is 12.7. The van der Waals surface area contributed by atoms with Crippen LogP contribution in [0.3, 0.4) is 0 Å². The fourth-order valence-electron chi connectivity index (χ4n) is 1.27. The zero-order valence-corrected chi connectivity index (χ0v) is 9.22. The molecular formula is C12H12ClFO. The van der Waals surface area contributed by atoms with Crippen LogP contribution in [0.5, 0.6) is 0 Å². The third-order valence-electron chi connectivity index (χ3n) is 2.04. The summed E-state index contributed by atoms with van der Waals surface area (Å²) in [6, 6.07) is 5.78. The Bertz CT molecular complexity index is 368. The summed E-state index contributed by atoms with van der Waals surface area (Å²) in [5.74, 6) is -0.314. The highest BCUT2D eigenvalue weighted by Crippen LogP contribution is 2.24. The van der Waals surface area contributed by atoms with Crippen molar-refractivity contribution in [3.8, 4) is 0 Å². The van der Waals surface area contributed by atoms with E-state index in [1.807, 2.05) is 6.92 Å². The maximum Gasteiger partial charge on any atom is 0.147 e. The van der Waals surface area contributed by atoms with Crippen LogP contribution < -0.4 is 0 Å². The van der Waals surface area contributed by atoms with Crippen LogP contribution in [0.25, 0.3) is 5.03 Å². The molecule has 0 fully saturated rings. The van der Waals surface area contributed by atoms with Crippen molar-refractivity contribution in [2.75, 3.05) is 0 Å². The van der Waals surface area contributed by atoms with E-state index in [-0.39, 0.29) is 5.82 Å². The second-order valence-corrected chi connectivity index (χ2v) is 3.59. The maximum absolute atomic E-state index is 12.7. The molecule has 1 rings (SSSR count). The number of benzene rings is 1. The average Bonchev–Trinajstić information content (AvgIpc) is 2.26. The van der Waals surface area contributed by atoms with Crippen LogP contribution in [0.1, 0.15) is 25.3 Å². The molecule has 0 atom stereocenters. The molecule has 0 aliphatic carbocycles. The van der Waals surface area contributed by atoms with Crippen molar-refractivity contribution in [2.45, 2.75) is 19.8 Å². The van der Waals surface area contributed by atoms with Crippen LogP contribution in [0.15, 0.2) is 29.8 Å². The van der Waals surface area contributed by atoms with Gasteiger partial charge in [0.25, 0.3) is 0 Å². The minimum Gasteiger partial charge on any atom is -0.298 e. The predicted molar refractivity (Wildman–Crippen MR) is 60.1 cm³/mol. The summed E-state index contributed by atoms with van der Waals surface area (Å²) >= 11 is 6.03. The van der Waals surface area contributed by atoms with Gasteiger partial charge >= 0.3 is 0 Å². The third kappa shape index (κ3) is 3.17. The van der Waals surface area contributed by atoms with E-state index in [4.69, 9.17) is 11.6 Å². The molecule has 1 aromatic rings. The molecule has 0 saturated carbocycles. The molecule has 0 aromatic heterocycles. The summed E-state index contributed by atoms with van der Waals surface area (Å²) in [6.07, 6.45) is 2.25. The van der Waals surface area contributed by atoms with Gasteiger partial charge in [-0.2, -0.15) is 0 Å². The molecule has 1 aromatic carbocycles. The fourth-order valence-corrected chi connectivity index (χ4v) is 1.54. The van der Waals surface area contributed by atoms with Gasteiger partial charge in [-0.15, -0.1) is 0 Å². The second kappa shape index (κ2) is 5.66. The summed E-state index contributed by atoms with van der Waals surface area (Å²) in [5, 5.41) is 0.409. The van der Waals surface area contributed by atoms with Gasteiger partial charge in [0, 0.05) is 5.57 Å². The molecule has 15 heavy (non-hydrogen) atoms. The highest BCUT2D eigenvalue weighted by molar-refractivity contribution is 6.50. The zero-order chi connectivity index (χ0) is 11.3. The molecule has 0 aliphatic heterocycles. The number of halogens is 2. The molecule has 0 unspecified atom stereocenters. The van der Waals surface area contributed by atoms with Crippen molar-refractivity contribution in [1.82, 2.24) is 0 Å². The number of aldehydes is 1. The van der Waals surface area contributed by atoms with Crippen LogP contribution in [0, 0.1) is 5.82 Å². The molecule has 0 bridgehead atoms. The van der Waals surface area contributed by atoms with Crippen LogP contribution in [0.2, 0.25) is 0 Å².